The smallest absolute Gasteiger partial charge is 0.257 e. The van der Waals surface area contributed by atoms with Gasteiger partial charge < -0.3 is 0 Å². The molecular formula is C100H80N24S2+8. The molecule has 0 atom stereocenters. The highest BCUT2D eigenvalue weighted by atomic mass is 32.1. The summed E-state index contributed by atoms with van der Waals surface area (Å²) in [6.45, 7) is 7.95. The normalized spacial score (nSPS) is 11.6. The molecule has 126 heavy (non-hydrogen) atoms. The number of thiophene rings is 2. The number of aryl methyl sites for hydroxylation is 8. The molecule has 604 valence electrons. The third kappa shape index (κ3) is 13.1. The first-order valence-corrected chi connectivity index (χ1v) is 42.7. The van der Waals surface area contributed by atoms with Crippen molar-refractivity contribution in [2.24, 2.45) is 56.4 Å². The van der Waals surface area contributed by atoms with Gasteiger partial charge in [0.05, 0.1) is 87.5 Å². The maximum absolute atomic E-state index is 7.95. The van der Waals surface area contributed by atoms with Crippen LogP contribution in [0.1, 0.15) is 0 Å². The molecule has 0 unspecified atom stereocenters. The fourth-order valence-electron chi connectivity index (χ4n) is 17.5. The lowest BCUT2D eigenvalue weighted by Crippen LogP contribution is -2.26. The van der Waals surface area contributed by atoms with Crippen LogP contribution in [0.3, 0.4) is 0 Å². The van der Waals surface area contributed by atoms with E-state index in [1.165, 1.54) is 40.3 Å². The summed E-state index contributed by atoms with van der Waals surface area (Å²) in [7, 11) is 16.4. The van der Waals surface area contributed by atoms with Gasteiger partial charge in [-0.05, 0) is 109 Å². The zero-order valence-corrected chi connectivity index (χ0v) is 71.5. The Hall–Kier alpha value is -16.5. The molecule has 0 saturated carbocycles. The maximum atomic E-state index is 7.95. The minimum atomic E-state index is 0.612. The number of rotatable bonds is 9. The number of hydrogen-bond acceptors (Lipinski definition) is 9. The van der Waals surface area contributed by atoms with Gasteiger partial charge in [0.15, 0.2) is 101 Å². The lowest BCUT2D eigenvalue weighted by molar-refractivity contribution is -0.647. The number of imidazole rings is 8. The number of hydrogen-bond donors (Lipinski definition) is 0. The summed E-state index contributed by atoms with van der Waals surface area (Å²) in [6.07, 6.45) is 25.5. The van der Waals surface area contributed by atoms with E-state index in [-0.39, 0.29) is 0 Å². The van der Waals surface area contributed by atoms with Crippen LogP contribution in [0.4, 0.5) is 5.69 Å². The fraction of sp³-hybridized carbons (Fsp3) is 0.0800. The Balaban J connectivity index is 0.000000102. The number of aromatic nitrogens is 23. The summed E-state index contributed by atoms with van der Waals surface area (Å²) in [5, 5.41) is 5.09. The Morgan fingerprint density at radius 1 is 0.278 bits per heavy atom. The molecule has 0 aliphatic heterocycles. The molecule has 0 radical (unpaired) electrons. The molecule has 10 aromatic carbocycles. The lowest BCUT2D eigenvalue weighted by atomic mass is 10.1. The first-order chi connectivity index (χ1) is 61.7. The number of benzene rings is 10. The highest BCUT2D eigenvalue weighted by molar-refractivity contribution is 7.26. The van der Waals surface area contributed by atoms with Crippen molar-refractivity contribution in [1.82, 2.24) is 71.4 Å². The number of fused-ring (bicyclic) bond motifs is 14. The van der Waals surface area contributed by atoms with E-state index in [1.54, 1.807) is 18.7 Å². The first kappa shape index (κ1) is 75.7. The SMILES string of the molecule is C[n+]1cn(-c2cc(-n3c[n+](C)c4ccccc43)nc(-c3ccccc3)n2)c2ccccc21.C[n+]1cn(-c2cc(-n3c[n+](C)c4ccccc43)ncn2)c2ccccc21.C[n+]1cn(-c2cncc(-n3c[n+](C)c4ncccc43)c2)c2cccnc21.[C-]#[N+]c1cc(-n2c[n+](C)c3cc4sc5ccccc5c4cc32)cc(-n2c[n+](C)c3cc4sc5ccccc5c4cc32)c1. The maximum Gasteiger partial charge on any atom is 0.301 e. The number of nitrogens with zero attached hydrogens (tertiary/aromatic N) is 24. The third-order valence-electron chi connectivity index (χ3n) is 23.5. The second kappa shape index (κ2) is 30.6. The number of para-hydroxylation sites is 8. The van der Waals surface area contributed by atoms with Crippen LogP contribution < -0.4 is 36.5 Å². The van der Waals surface area contributed by atoms with Gasteiger partial charge in [-0.25, -0.2) is 50.5 Å². The van der Waals surface area contributed by atoms with Gasteiger partial charge in [-0.2, -0.15) is 47.3 Å². The summed E-state index contributed by atoms with van der Waals surface area (Å²) in [5.74, 6) is 4.02. The van der Waals surface area contributed by atoms with Gasteiger partial charge in [0.1, 0.15) is 41.5 Å². The minimum Gasteiger partial charge on any atom is -0.257 e. The minimum absolute atomic E-state index is 0.612. The van der Waals surface area contributed by atoms with Gasteiger partial charge in [-0.3, -0.25) is 4.98 Å². The van der Waals surface area contributed by atoms with Gasteiger partial charge in [-0.1, -0.05) is 115 Å². The van der Waals surface area contributed by atoms with Gasteiger partial charge in [0, 0.05) is 70.2 Å². The highest BCUT2D eigenvalue weighted by Gasteiger charge is 2.29. The van der Waals surface area contributed by atoms with Gasteiger partial charge in [0.2, 0.25) is 35.9 Å². The molecule has 26 heteroatoms. The van der Waals surface area contributed by atoms with Crippen LogP contribution in [0.2, 0.25) is 0 Å². The molecule has 0 fully saturated rings. The van der Waals surface area contributed by atoms with E-state index in [9.17, 15) is 0 Å². The summed E-state index contributed by atoms with van der Waals surface area (Å²) in [5.41, 5.74) is 23.0. The van der Waals surface area contributed by atoms with Crippen LogP contribution in [0.25, 0.3) is 191 Å². The lowest BCUT2D eigenvalue weighted by Gasteiger charge is -2.05. The van der Waals surface area contributed by atoms with Crippen molar-refractivity contribution in [2.75, 3.05) is 0 Å². The Bertz CT molecular complexity index is 8060. The molecular weight excluding hydrogens is 1600 g/mol. The largest absolute Gasteiger partial charge is 0.301 e. The highest BCUT2D eigenvalue weighted by Crippen LogP contribution is 2.40. The molecule has 0 aliphatic rings. The van der Waals surface area contributed by atoms with Crippen molar-refractivity contribution in [1.29, 1.82) is 0 Å². The van der Waals surface area contributed by atoms with Crippen molar-refractivity contribution < 1.29 is 36.5 Å². The second-order valence-corrected chi connectivity index (χ2v) is 33.7. The van der Waals surface area contributed by atoms with Crippen LogP contribution in [0.15, 0.2) is 343 Å². The van der Waals surface area contributed by atoms with Crippen LogP contribution in [0, 0.1) is 6.57 Å². The van der Waals surface area contributed by atoms with Crippen molar-refractivity contribution in [2.45, 2.75) is 0 Å². The zero-order valence-electron chi connectivity index (χ0n) is 69.9. The molecule has 0 saturated heterocycles. The fourth-order valence-corrected chi connectivity index (χ4v) is 19.8. The van der Waals surface area contributed by atoms with E-state index in [1.807, 2.05) is 189 Å². The standard InChI is InChI=1S/C35H23N5S2.C26H22N6.C20H18N6.C19H17N7/c1-36-21-12-22(39-19-37(2)28-17-34-26(15-30(28)39)24-8-4-6-10-32(24)41-34)14-23(13-21)40-20-38(3)29-18-35-27(16-31(29)40)25-9-5-7-11-33(25)42-35;1-29-17-31(22-14-8-6-12-20(22)29)24-16-25(28-26(27-24)19-10-4-3-5-11-19)32-18-30(2)21-13-7-9-15-23(21)32;1-23-13-25(17-9-5-3-7-15(17)23)19-11-20(22-12-21-19)26-14-24(2)16-8-4-6-10-18(16)26;1-23-12-25(16-5-3-7-21-18(16)23)14-9-15(11-20-10-14)26-13-24(2)19-17(26)6-4-8-22-19/h4-20H,2-3H3;3-18H,1-2H3;3-14H,1-2H3;3-13H,1-2H3/q4*+2. The van der Waals surface area contributed by atoms with E-state index in [0.29, 0.717) is 11.5 Å². The molecule has 0 N–H and O–H groups in total. The zero-order chi connectivity index (χ0) is 85.1. The molecule has 0 amide bonds. The Morgan fingerprint density at radius 3 is 1.06 bits per heavy atom. The van der Waals surface area contributed by atoms with Crippen molar-refractivity contribution in [3.8, 4) is 57.4 Å². The van der Waals surface area contributed by atoms with Crippen LogP contribution >= 0.6 is 22.7 Å². The molecule has 15 aromatic heterocycles. The molecule has 15 heterocycles. The summed E-state index contributed by atoms with van der Waals surface area (Å²) < 4.78 is 39.0. The van der Waals surface area contributed by atoms with E-state index in [4.69, 9.17) is 16.5 Å². The first-order valence-electron chi connectivity index (χ1n) is 41.1. The van der Waals surface area contributed by atoms with Gasteiger partial charge >= 0.3 is 11.3 Å². The average Bonchev–Trinajstić information content (AvgIpc) is 1.58. The van der Waals surface area contributed by atoms with Gasteiger partial charge in [0.25, 0.3) is 25.3 Å². The Kier molecular flexibility index (Phi) is 18.4. The van der Waals surface area contributed by atoms with E-state index < -0.39 is 0 Å². The summed E-state index contributed by atoms with van der Waals surface area (Å²) in [6, 6.07) is 90.2. The quantitative estimate of drug-likeness (QED) is 0.102. The predicted octanol–water partition coefficient (Wildman–Crippen LogP) is 15.6. The van der Waals surface area contributed by atoms with E-state index in [0.717, 1.165) is 140 Å². The molecule has 0 aliphatic carbocycles. The summed E-state index contributed by atoms with van der Waals surface area (Å²) >= 11 is 3.67. The van der Waals surface area contributed by atoms with Crippen molar-refractivity contribution in [3.05, 3.63) is 354 Å². The predicted molar refractivity (Wildman–Crippen MR) is 492 cm³/mol. The molecule has 25 rings (SSSR count). The molecule has 0 bridgehead atoms. The van der Waals surface area contributed by atoms with Crippen LogP contribution in [-0.4, -0.2) is 71.4 Å². The van der Waals surface area contributed by atoms with E-state index >= 15 is 0 Å². The summed E-state index contributed by atoms with van der Waals surface area (Å²) in [4.78, 5) is 36.2. The molecule has 25 aromatic rings. The van der Waals surface area contributed by atoms with Crippen molar-refractivity contribution in [3.63, 3.8) is 0 Å². The second-order valence-electron chi connectivity index (χ2n) is 31.5. The average molecular weight is 1680 g/mol. The van der Waals surface area contributed by atoms with Crippen LogP contribution in [0.5, 0.6) is 0 Å². The van der Waals surface area contributed by atoms with E-state index in [2.05, 4.69) is 317 Å². The Morgan fingerprint density at radius 2 is 0.627 bits per heavy atom. The molecule has 0 spiro atoms. The molecule has 24 nitrogen and oxygen atoms in total. The van der Waals surface area contributed by atoms with Crippen molar-refractivity contribution >= 4 is 157 Å². The Labute approximate surface area is 728 Å². The van der Waals surface area contributed by atoms with Gasteiger partial charge in [-0.15, -0.1) is 32.6 Å². The van der Waals surface area contributed by atoms with Crippen LogP contribution in [-0.2, 0) is 56.4 Å². The monoisotopic (exact) mass is 1680 g/mol. The topological polar surface area (TPSA) is 165 Å². The third-order valence-corrected chi connectivity index (χ3v) is 25.8. The number of pyridine rings is 3.